The molecule has 0 bridgehead atoms. The summed E-state index contributed by atoms with van der Waals surface area (Å²) >= 11 is 1.23. The maximum Gasteiger partial charge on any atom is 0.337 e. The smallest absolute Gasteiger partial charge is 0.337 e. The highest BCUT2D eigenvalue weighted by Crippen LogP contribution is 2.31. The van der Waals surface area contributed by atoms with Crippen molar-refractivity contribution in [2.45, 2.75) is 10.1 Å². The monoisotopic (exact) mass is 236 g/mol. The highest BCUT2D eigenvalue weighted by molar-refractivity contribution is 7.99. The Kier molecular flexibility index (Phi) is 2.78. The molecule has 0 atom stereocenters. The second-order valence-corrected chi connectivity index (χ2v) is 3.95. The van der Waals surface area contributed by atoms with Crippen molar-refractivity contribution in [3.8, 4) is 0 Å². The van der Waals surface area contributed by atoms with Crippen LogP contribution in [0.25, 0.3) is 0 Å². The molecule has 1 heterocycles. The summed E-state index contributed by atoms with van der Waals surface area (Å²) in [5.41, 5.74) is 6.06. The Morgan fingerprint density at radius 3 is 2.94 bits per heavy atom. The Morgan fingerprint density at radius 1 is 1.50 bits per heavy atom. The summed E-state index contributed by atoms with van der Waals surface area (Å²) in [5, 5.41) is 15.8. The number of carboxylic acid groups (broad SMARTS) is 1. The summed E-state index contributed by atoms with van der Waals surface area (Å²) in [6.45, 7) is 0. The molecular weight excluding hydrogens is 228 g/mol. The summed E-state index contributed by atoms with van der Waals surface area (Å²) in [5.74, 6) is -1.04. The molecule has 0 aliphatic carbocycles. The van der Waals surface area contributed by atoms with E-state index in [-0.39, 0.29) is 11.3 Å². The Balaban J connectivity index is 2.35. The highest BCUT2D eigenvalue weighted by Gasteiger charge is 2.12. The topological polar surface area (TPSA) is 105 Å². The number of aromatic nitrogens is 3. The predicted octanol–water partition coefficient (Wildman–Crippen LogP) is 1.24. The molecule has 6 nitrogen and oxygen atoms in total. The number of aromatic amines is 1. The maximum absolute atomic E-state index is 10.9. The number of nitrogens with zero attached hydrogens (tertiary/aromatic N) is 2. The molecule has 1 aromatic heterocycles. The van der Waals surface area contributed by atoms with Gasteiger partial charge in [0.15, 0.2) is 5.16 Å². The molecule has 2 aromatic rings. The van der Waals surface area contributed by atoms with Gasteiger partial charge in [0.2, 0.25) is 0 Å². The van der Waals surface area contributed by atoms with Crippen molar-refractivity contribution in [2.75, 3.05) is 5.73 Å². The largest absolute Gasteiger partial charge is 0.478 e. The molecule has 82 valence electrons. The van der Waals surface area contributed by atoms with E-state index in [1.54, 1.807) is 12.1 Å². The Labute approximate surface area is 94.9 Å². The molecule has 0 aliphatic heterocycles. The zero-order chi connectivity index (χ0) is 11.5. The molecule has 0 amide bonds. The van der Waals surface area contributed by atoms with Crippen LogP contribution in [0.5, 0.6) is 0 Å². The van der Waals surface area contributed by atoms with E-state index in [1.165, 1.54) is 24.2 Å². The van der Waals surface area contributed by atoms with E-state index in [0.29, 0.717) is 10.1 Å². The van der Waals surface area contributed by atoms with Crippen LogP contribution in [0, 0.1) is 0 Å². The van der Waals surface area contributed by atoms with E-state index < -0.39 is 5.97 Å². The first-order valence-corrected chi connectivity index (χ1v) is 5.15. The predicted molar refractivity (Wildman–Crippen MR) is 58.3 cm³/mol. The number of anilines is 1. The summed E-state index contributed by atoms with van der Waals surface area (Å²) in [4.78, 5) is 15.4. The van der Waals surface area contributed by atoms with Gasteiger partial charge in [-0.25, -0.2) is 9.78 Å². The fourth-order valence-electron chi connectivity index (χ4n) is 1.17. The minimum absolute atomic E-state index is 0.0875. The fourth-order valence-corrected chi connectivity index (χ4v) is 1.94. The molecule has 0 saturated carbocycles. The fraction of sp³-hybridized carbons (Fsp3) is 0. The van der Waals surface area contributed by atoms with Crippen LogP contribution in [-0.2, 0) is 0 Å². The molecule has 2 rings (SSSR count). The average Bonchev–Trinajstić information content (AvgIpc) is 2.73. The van der Waals surface area contributed by atoms with Crippen LogP contribution in [0.3, 0.4) is 0 Å². The number of para-hydroxylation sites is 1. The third-order valence-electron chi connectivity index (χ3n) is 1.90. The van der Waals surface area contributed by atoms with Crippen LogP contribution in [0.1, 0.15) is 10.4 Å². The Bertz CT molecular complexity index is 512. The van der Waals surface area contributed by atoms with Gasteiger partial charge >= 0.3 is 5.97 Å². The summed E-state index contributed by atoms with van der Waals surface area (Å²) in [6.07, 6.45) is 1.37. The average molecular weight is 236 g/mol. The van der Waals surface area contributed by atoms with Crippen LogP contribution in [0.15, 0.2) is 34.6 Å². The third-order valence-corrected chi connectivity index (χ3v) is 2.86. The molecule has 7 heteroatoms. The van der Waals surface area contributed by atoms with Gasteiger partial charge in [0.05, 0.1) is 11.3 Å². The summed E-state index contributed by atoms with van der Waals surface area (Å²) < 4.78 is 0. The van der Waals surface area contributed by atoms with Crippen LogP contribution in [0.4, 0.5) is 5.69 Å². The van der Waals surface area contributed by atoms with Gasteiger partial charge in [0.1, 0.15) is 6.33 Å². The van der Waals surface area contributed by atoms with Crippen molar-refractivity contribution < 1.29 is 9.90 Å². The van der Waals surface area contributed by atoms with Gasteiger partial charge in [-0.1, -0.05) is 6.07 Å². The van der Waals surface area contributed by atoms with E-state index in [0.717, 1.165) is 0 Å². The quantitative estimate of drug-likeness (QED) is 0.692. The number of H-pyrrole nitrogens is 1. The van der Waals surface area contributed by atoms with Gasteiger partial charge in [-0.15, -0.1) is 0 Å². The Morgan fingerprint density at radius 2 is 2.31 bits per heavy atom. The van der Waals surface area contributed by atoms with Crippen molar-refractivity contribution >= 4 is 23.4 Å². The lowest BCUT2D eigenvalue weighted by molar-refractivity contribution is 0.0698. The van der Waals surface area contributed by atoms with Gasteiger partial charge in [0.25, 0.3) is 0 Å². The van der Waals surface area contributed by atoms with Gasteiger partial charge in [-0.2, -0.15) is 5.10 Å². The zero-order valence-corrected chi connectivity index (χ0v) is 8.86. The number of nitrogens with one attached hydrogen (secondary N) is 1. The first-order valence-electron chi connectivity index (χ1n) is 4.33. The molecule has 16 heavy (non-hydrogen) atoms. The van der Waals surface area contributed by atoms with Crippen molar-refractivity contribution in [3.05, 3.63) is 30.1 Å². The number of aromatic carboxylic acids is 1. The molecule has 0 radical (unpaired) electrons. The summed E-state index contributed by atoms with van der Waals surface area (Å²) in [6, 6.07) is 4.83. The third kappa shape index (κ3) is 1.98. The molecule has 0 aliphatic rings. The maximum atomic E-state index is 10.9. The number of hydrogen-bond acceptors (Lipinski definition) is 5. The minimum atomic E-state index is -1.04. The molecule has 0 unspecified atom stereocenters. The van der Waals surface area contributed by atoms with Crippen molar-refractivity contribution in [2.24, 2.45) is 0 Å². The van der Waals surface area contributed by atoms with Gasteiger partial charge in [-0.3, -0.25) is 5.10 Å². The number of nitrogen functional groups attached to an aromatic ring is 1. The van der Waals surface area contributed by atoms with Crippen molar-refractivity contribution in [3.63, 3.8) is 0 Å². The van der Waals surface area contributed by atoms with E-state index >= 15 is 0 Å². The standard InChI is InChI=1S/C9H8N4O2S/c10-7-5(8(14)15)2-1-3-6(7)16-9-11-4-12-13-9/h1-4H,10H2,(H,14,15)(H,11,12,13). The second-order valence-electron chi connectivity index (χ2n) is 2.92. The lowest BCUT2D eigenvalue weighted by Gasteiger charge is -2.05. The van der Waals surface area contributed by atoms with E-state index in [4.69, 9.17) is 10.8 Å². The number of carbonyl (C=O) groups is 1. The second kappa shape index (κ2) is 4.23. The van der Waals surface area contributed by atoms with Gasteiger partial charge in [-0.05, 0) is 23.9 Å². The van der Waals surface area contributed by atoms with E-state index in [2.05, 4.69) is 15.2 Å². The lowest BCUT2D eigenvalue weighted by Crippen LogP contribution is -2.03. The number of carboxylic acids is 1. The van der Waals surface area contributed by atoms with Crippen LogP contribution in [-0.4, -0.2) is 26.3 Å². The minimum Gasteiger partial charge on any atom is -0.478 e. The molecular formula is C9H8N4O2S. The molecule has 0 fully saturated rings. The van der Waals surface area contributed by atoms with Crippen LogP contribution < -0.4 is 5.73 Å². The number of nitrogens with two attached hydrogens (primary N) is 1. The van der Waals surface area contributed by atoms with E-state index in [9.17, 15) is 4.79 Å². The molecule has 4 N–H and O–H groups in total. The zero-order valence-electron chi connectivity index (χ0n) is 8.04. The molecule has 0 spiro atoms. The van der Waals surface area contributed by atoms with Gasteiger partial charge in [0, 0.05) is 4.90 Å². The first-order chi connectivity index (χ1) is 7.68. The highest BCUT2D eigenvalue weighted by atomic mass is 32.2. The molecule has 1 aromatic carbocycles. The Hall–Kier alpha value is -2.02. The first kappa shape index (κ1) is 10.5. The lowest BCUT2D eigenvalue weighted by atomic mass is 10.2. The summed E-state index contributed by atoms with van der Waals surface area (Å²) in [7, 11) is 0. The van der Waals surface area contributed by atoms with Gasteiger partial charge < -0.3 is 10.8 Å². The SMILES string of the molecule is Nc1c(Sc2ncn[nH]2)cccc1C(=O)O. The normalized spacial score (nSPS) is 10.2. The van der Waals surface area contributed by atoms with Crippen molar-refractivity contribution in [1.82, 2.24) is 15.2 Å². The van der Waals surface area contributed by atoms with Crippen LogP contribution >= 0.6 is 11.8 Å². The molecule has 0 saturated heterocycles. The number of benzene rings is 1. The number of hydrogen-bond donors (Lipinski definition) is 3. The number of rotatable bonds is 3. The van der Waals surface area contributed by atoms with Crippen LogP contribution in [0.2, 0.25) is 0 Å². The van der Waals surface area contributed by atoms with Crippen molar-refractivity contribution in [1.29, 1.82) is 0 Å². The van der Waals surface area contributed by atoms with E-state index in [1.807, 2.05) is 0 Å².